The molecular weight excluding hydrogens is 284 g/mol. The molecule has 0 aliphatic carbocycles. The maximum atomic E-state index is 12.5. The molecule has 0 atom stereocenters. The molecule has 4 heteroatoms. The number of nitrogens with zero attached hydrogens (tertiary/aromatic N) is 2. The van der Waals surface area contributed by atoms with Crippen LogP contribution in [0.4, 0.5) is 0 Å². The highest BCUT2D eigenvalue weighted by Crippen LogP contribution is 2.29. The van der Waals surface area contributed by atoms with Crippen molar-refractivity contribution in [1.29, 1.82) is 0 Å². The molecule has 2 aromatic heterocycles. The summed E-state index contributed by atoms with van der Waals surface area (Å²) in [6, 6.07) is 9.21. The van der Waals surface area contributed by atoms with Crippen molar-refractivity contribution in [3.63, 3.8) is 0 Å². The number of hydrogen-bond acceptors (Lipinski definition) is 3. The van der Waals surface area contributed by atoms with Gasteiger partial charge in [0.05, 0.1) is 16.1 Å². The third-order valence-corrected chi connectivity index (χ3v) is 3.79. The number of carbonyl (C=O) groups excluding carboxylic acids is 1. The van der Waals surface area contributed by atoms with Crippen molar-refractivity contribution in [2.24, 2.45) is 0 Å². The van der Waals surface area contributed by atoms with Crippen molar-refractivity contribution in [1.82, 2.24) is 9.97 Å². The molecule has 0 saturated carbocycles. The van der Waals surface area contributed by atoms with E-state index in [4.69, 9.17) is 11.6 Å². The van der Waals surface area contributed by atoms with E-state index in [1.54, 1.807) is 24.4 Å². The molecule has 104 valence electrons. The number of fused-ring (bicyclic) bond motifs is 1. The van der Waals surface area contributed by atoms with Gasteiger partial charge in [0.25, 0.3) is 0 Å². The molecule has 0 radical (unpaired) electrons. The molecule has 0 fully saturated rings. The minimum atomic E-state index is -0.214. The Bertz CT molecular complexity index is 844. The Balaban J connectivity index is 2.21. The van der Waals surface area contributed by atoms with Crippen molar-refractivity contribution in [2.45, 2.75) is 13.8 Å². The Kier molecular flexibility index (Phi) is 3.43. The molecule has 2 heterocycles. The van der Waals surface area contributed by atoms with E-state index in [1.807, 2.05) is 26.0 Å². The quantitative estimate of drug-likeness (QED) is 0.668. The molecule has 0 unspecified atom stereocenters. The van der Waals surface area contributed by atoms with Gasteiger partial charge in [-0.3, -0.25) is 14.8 Å². The van der Waals surface area contributed by atoms with Crippen LogP contribution in [0.1, 0.15) is 27.2 Å². The van der Waals surface area contributed by atoms with Crippen LogP contribution in [0.15, 0.2) is 42.7 Å². The summed E-state index contributed by atoms with van der Waals surface area (Å²) in [5.74, 6) is -0.214. The first-order valence-corrected chi connectivity index (χ1v) is 6.97. The fraction of sp³-hybridized carbons (Fsp3) is 0.118. The lowest BCUT2D eigenvalue weighted by molar-refractivity contribution is 0.103. The molecule has 0 N–H and O–H groups in total. The second kappa shape index (κ2) is 5.26. The van der Waals surface area contributed by atoms with Crippen LogP contribution >= 0.6 is 11.6 Å². The third-order valence-electron chi connectivity index (χ3n) is 3.38. The van der Waals surface area contributed by atoms with E-state index in [1.165, 1.54) is 6.20 Å². The standard InChI is InChI=1S/C17H13ClN2O/c1-10-7-11(2)16-12(8-10)15(18)13(9-20-16)17(21)14-5-3-4-6-19-14/h3-9H,1-2H3. The van der Waals surface area contributed by atoms with Gasteiger partial charge in [0.1, 0.15) is 5.69 Å². The lowest BCUT2D eigenvalue weighted by Crippen LogP contribution is -2.05. The Hall–Kier alpha value is -2.26. The summed E-state index contributed by atoms with van der Waals surface area (Å²) in [6.45, 7) is 3.98. The van der Waals surface area contributed by atoms with Crippen LogP contribution in [-0.2, 0) is 0 Å². The fourth-order valence-electron chi connectivity index (χ4n) is 2.42. The monoisotopic (exact) mass is 296 g/mol. The van der Waals surface area contributed by atoms with Crippen LogP contribution in [0.5, 0.6) is 0 Å². The van der Waals surface area contributed by atoms with Crippen molar-refractivity contribution in [2.75, 3.05) is 0 Å². The number of benzene rings is 1. The van der Waals surface area contributed by atoms with Gasteiger partial charge in [0.2, 0.25) is 5.78 Å². The number of ketones is 1. The highest BCUT2D eigenvalue weighted by Gasteiger charge is 2.17. The summed E-state index contributed by atoms with van der Waals surface area (Å²) in [5.41, 5.74) is 3.70. The number of aryl methyl sites for hydroxylation is 2. The van der Waals surface area contributed by atoms with Crippen LogP contribution in [0.25, 0.3) is 10.9 Å². The molecule has 0 saturated heterocycles. The van der Waals surface area contributed by atoms with Gasteiger partial charge in [0.15, 0.2) is 0 Å². The normalized spacial score (nSPS) is 10.8. The first-order chi connectivity index (χ1) is 10.1. The van der Waals surface area contributed by atoms with E-state index in [-0.39, 0.29) is 5.78 Å². The summed E-state index contributed by atoms with van der Waals surface area (Å²) in [5, 5.41) is 1.23. The molecule has 0 aliphatic rings. The van der Waals surface area contributed by atoms with Crippen LogP contribution in [0.2, 0.25) is 5.02 Å². The molecule has 3 nitrogen and oxygen atoms in total. The maximum Gasteiger partial charge on any atom is 0.214 e. The molecule has 1 aromatic carbocycles. The van der Waals surface area contributed by atoms with E-state index in [0.29, 0.717) is 16.3 Å². The summed E-state index contributed by atoms with van der Waals surface area (Å²) in [4.78, 5) is 21.0. The number of carbonyl (C=O) groups is 1. The molecule has 0 amide bonds. The topological polar surface area (TPSA) is 42.9 Å². The average Bonchev–Trinajstić information content (AvgIpc) is 2.48. The Labute approximate surface area is 127 Å². The van der Waals surface area contributed by atoms with Crippen molar-refractivity contribution < 1.29 is 4.79 Å². The SMILES string of the molecule is Cc1cc(C)c2ncc(C(=O)c3ccccn3)c(Cl)c2c1. The largest absolute Gasteiger partial charge is 0.287 e. The minimum absolute atomic E-state index is 0.214. The van der Waals surface area contributed by atoms with Gasteiger partial charge < -0.3 is 0 Å². The Morgan fingerprint density at radius 1 is 1.14 bits per heavy atom. The molecular formula is C17H13ClN2O. The summed E-state index contributed by atoms with van der Waals surface area (Å²) < 4.78 is 0. The molecule has 0 spiro atoms. The number of rotatable bonds is 2. The Morgan fingerprint density at radius 3 is 2.67 bits per heavy atom. The van der Waals surface area contributed by atoms with E-state index in [0.717, 1.165) is 22.0 Å². The molecule has 0 bridgehead atoms. The summed E-state index contributed by atoms with van der Waals surface area (Å²) >= 11 is 6.44. The van der Waals surface area contributed by atoms with E-state index < -0.39 is 0 Å². The van der Waals surface area contributed by atoms with E-state index >= 15 is 0 Å². The van der Waals surface area contributed by atoms with E-state index in [9.17, 15) is 4.79 Å². The van der Waals surface area contributed by atoms with Gasteiger partial charge >= 0.3 is 0 Å². The molecule has 0 aliphatic heterocycles. The van der Waals surface area contributed by atoms with Crippen molar-refractivity contribution in [3.8, 4) is 0 Å². The van der Waals surface area contributed by atoms with Gasteiger partial charge in [0, 0.05) is 17.8 Å². The zero-order valence-electron chi connectivity index (χ0n) is 11.7. The fourth-order valence-corrected chi connectivity index (χ4v) is 2.70. The van der Waals surface area contributed by atoms with E-state index in [2.05, 4.69) is 9.97 Å². The first-order valence-electron chi connectivity index (χ1n) is 6.59. The maximum absolute atomic E-state index is 12.5. The lowest BCUT2D eigenvalue weighted by atomic mass is 10.0. The summed E-state index contributed by atoms with van der Waals surface area (Å²) in [7, 11) is 0. The predicted octanol–water partition coefficient (Wildman–Crippen LogP) is 4.13. The van der Waals surface area contributed by atoms with Gasteiger partial charge in [-0.2, -0.15) is 0 Å². The van der Waals surface area contributed by atoms with Crippen LogP contribution < -0.4 is 0 Å². The first kappa shape index (κ1) is 13.7. The zero-order chi connectivity index (χ0) is 15.0. The van der Waals surface area contributed by atoms with Gasteiger partial charge in [-0.05, 0) is 37.6 Å². The van der Waals surface area contributed by atoms with Gasteiger partial charge in [-0.25, -0.2) is 0 Å². The highest BCUT2D eigenvalue weighted by atomic mass is 35.5. The lowest BCUT2D eigenvalue weighted by Gasteiger charge is -2.09. The summed E-state index contributed by atoms with van der Waals surface area (Å²) in [6.07, 6.45) is 3.12. The average molecular weight is 297 g/mol. The minimum Gasteiger partial charge on any atom is -0.287 e. The molecule has 3 aromatic rings. The van der Waals surface area contributed by atoms with Gasteiger partial charge in [-0.15, -0.1) is 0 Å². The third kappa shape index (κ3) is 2.41. The zero-order valence-corrected chi connectivity index (χ0v) is 12.5. The van der Waals surface area contributed by atoms with Crippen molar-refractivity contribution in [3.05, 3.63) is 70.1 Å². The second-order valence-electron chi connectivity index (χ2n) is 5.01. The van der Waals surface area contributed by atoms with Crippen LogP contribution in [0, 0.1) is 13.8 Å². The highest BCUT2D eigenvalue weighted by molar-refractivity contribution is 6.39. The smallest absolute Gasteiger partial charge is 0.214 e. The predicted molar refractivity (Wildman–Crippen MR) is 83.9 cm³/mol. The van der Waals surface area contributed by atoms with Crippen LogP contribution in [0.3, 0.4) is 0 Å². The molecule has 3 rings (SSSR count). The Morgan fingerprint density at radius 2 is 1.95 bits per heavy atom. The number of aromatic nitrogens is 2. The van der Waals surface area contributed by atoms with Crippen molar-refractivity contribution >= 4 is 28.3 Å². The number of hydrogen-bond donors (Lipinski definition) is 0. The van der Waals surface area contributed by atoms with Gasteiger partial charge in [-0.1, -0.05) is 29.3 Å². The number of pyridine rings is 2. The van der Waals surface area contributed by atoms with Crippen LogP contribution in [-0.4, -0.2) is 15.8 Å². The molecule has 21 heavy (non-hydrogen) atoms. The number of halogens is 1. The second-order valence-corrected chi connectivity index (χ2v) is 5.39.